The van der Waals surface area contributed by atoms with Crippen molar-refractivity contribution in [1.82, 2.24) is 10.2 Å². The van der Waals surface area contributed by atoms with Crippen LogP contribution in [0.4, 0.5) is 0 Å². The third kappa shape index (κ3) is 4.20. The van der Waals surface area contributed by atoms with Crippen molar-refractivity contribution in [2.75, 3.05) is 0 Å². The van der Waals surface area contributed by atoms with Crippen molar-refractivity contribution < 1.29 is 18.4 Å². The van der Waals surface area contributed by atoms with Gasteiger partial charge in [-0.2, -0.15) is 5.26 Å². The Morgan fingerprint density at radius 2 is 1.83 bits per heavy atom. The van der Waals surface area contributed by atoms with Gasteiger partial charge in [-0.25, -0.2) is 4.79 Å². The summed E-state index contributed by atoms with van der Waals surface area (Å²) in [6, 6.07) is 19.8. The molecule has 2 aromatic heterocycles. The van der Waals surface area contributed by atoms with Gasteiger partial charge in [-0.05, 0) is 36.4 Å². The Hall–Kier alpha value is -3.83. The van der Waals surface area contributed by atoms with Crippen molar-refractivity contribution in [2.45, 2.75) is 16.4 Å². The van der Waals surface area contributed by atoms with Gasteiger partial charge in [0.2, 0.25) is 0 Å². The highest BCUT2D eigenvalue weighted by atomic mass is 32.2. The fourth-order valence-corrected chi connectivity index (χ4v) is 3.52. The van der Waals surface area contributed by atoms with Crippen LogP contribution in [0.15, 0.2) is 85.6 Å². The summed E-state index contributed by atoms with van der Waals surface area (Å²) in [5.74, 6) is 0.281. The molecule has 0 saturated heterocycles. The topological polar surface area (TPSA) is 102 Å². The van der Waals surface area contributed by atoms with Crippen LogP contribution in [0.3, 0.4) is 0 Å². The van der Waals surface area contributed by atoms with Gasteiger partial charge in [0.25, 0.3) is 11.8 Å². The highest BCUT2D eigenvalue weighted by Crippen LogP contribution is 2.33. The predicted octanol–water partition coefficient (Wildman–Crippen LogP) is 4.71. The van der Waals surface area contributed by atoms with E-state index in [0.29, 0.717) is 21.8 Å². The van der Waals surface area contributed by atoms with Crippen molar-refractivity contribution in [2.24, 2.45) is 0 Å². The molecule has 2 aromatic carbocycles. The lowest BCUT2D eigenvalue weighted by atomic mass is 10.2. The number of rotatable bonds is 6. The standard InChI is InChI=1S/C21H13N3O4S/c22-12-14-6-1-3-9-17(14)29-18-10-4-2-7-15(18)21(25)27-13-19-23-24-20(28-19)16-8-5-11-26-16/h1-11H,13H2. The first-order chi connectivity index (χ1) is 14.2. The molecule has 0 bridgehead atoms. The summed E-state index contributed by atoms with van der Waals surface area (Å²) in [5.41, 5.74) is 0.924. The SMILES string of the molecule is N#Cc1ccccc1Sc1ccccc1C(=O)OCc1nnc(-c2ccco2)o1. The van der Waals surface area contributed by atoms with Crippen molar-refractivity contribution in [3.63, 3.8) is 0 Å². The van der Waals surface area contributed by atoms with Crippen LogP contribution in [-0.2, 0) is 11.3 Å². The van der Waals surface area contributed by atoms with E-state index in [9.17, 15) is 10.1 Å². The highest BCUT2D eigenvalue weighted by molar-refractivity contribution is 7.99. The Bertz CT molecular complexity index is 1180. The minimum absolute atomic E-state index is 0.157. The number of hydrogen-bond acceptors (Lipinski definition) is 8. The van der Waals surface area contributed by atoms with Crippen molar-refractivity contribution >= 4 is 17.7 Å². The number of esters is 1. The smallest absolute Gasteiger partial charge is 0.339 e. The third-order valence-electron chi connectivity index (χ3n) is 3.86. The Kier molecular flexibility index (Phi) is 5.40. The molecule has 0 atom stereocenters. The molecule has 0 saturated carbocycles. The fourth-order valence-electron chi connectivity index (χ4n) is 2.51. The zero-order chi connectivity index (χ0) is 20.1. The number of benzene rings is 2. The van der Waals surface area contributed by atoms with Gasteiger partial charge in [-0.1, -0.05) is 36.0 Å². The molecule has 4 rings (SSSR count). The van der Waals surface area contributed by atoms with Crippen LogP contribution < -0.4 is 0 Å². The van der Waals surface area contributed by atoms with Gasteiger partial charge >= 0.3 is 5.97 Å². The van der Waals surface area contributed by atoms with E-state index in [1.807, 2.05) is 18.2 Å². The number of furan rings is 1. The van der Waals surface area contributed by atoms with Crippen molar-refractivity contribution in [1.29, 1.82) is 5.26 Å². The first-order valence-corrected chi connectivity index (χ1v) is 9.35. The molecule has 142 valence electrons. The number of aromatic nitrogens is 2. The molecule has 0 aliphatic rings. The molecule has 0 fully saturated rings. The molecular weight excluding hydrogens is 390 g/mol. The second kappa shape index (κ2) is 8.46. The summed E-state index contributed by atoms with van der Waals surface area (Å²) in [6.45, 7) is -0.166. The van der Waals surface area contributed by atoms with E-state index >= 15 is 0 Å². The van der Waals surface area contributed by atoms with Crippen LogP contribution in [0, 0.1) is 11.3 Å². The van der Waals surface area contributed by atoms with E-state index in [1.165, 1.54) is 18.0 Å². The summed E-state index contributed by atoms with van der Waals surface area (Å²) < 4.78 is 16.0. The number of carbonyl (C=O) groups excluding carboxylic acids is 1. The van der Waals surface area contributed by atoms with E-state index < -0.39 is 5.97 Å². The van der Waals surface area contributed by atoms with Crippen LogP contribution in [0.5, 0.6) is 0 Å². The molecule has 0 unspecified atom stereocenters. The average molecular weight is 403 g/mol. The Morgan fingerprint density at radius 3 is 2.62 bits per heavy atom. The second-order valence-corrected chi connectivity index (χ2v) is 6.84. The Morgan fingerprint density at radius 1 is 1.03 bits per heavy atom. The van der Waals surface area contributed by atoms with Gasteiger partial charge in [0.05, 0.1) is 17.4 Å². The molecule has 0 N–H and O–H groups in total. The molecule has 2 heterocycles. The quantitative estimate of drug-likeness (QED) is 0.427. The number of nitriles is 1. The molecule has 8 heteroatoms. The van der Waals surface area contributed by atoms with Gasteiger partial charge in [0.1, 0.15) is 6.07 Å². The monoisotopic (exact) mass is 403 g/mol. The number of carbonyl (C=O) groups is 1. The summed E-state index contributed by atoms with van der Waals surface area (Å²) in [7, 11) is 0. The molecule has 0 aliphatic heterocycles. The van der Waals surface area contributed by atoms with E-state index in [-0.39, 0.29) is 18.4 Å². The number of hydrogen-bond donors (Lipinski definition) is 0. The van der Waals surface area contributed by atoms with E-state index in [0.717, 1.165) is 4.90 Å². The number of nitrogens with zero attached hydrogens (tertiary/aromatic N) is 3. The lowest BCUT2D eigenvalue weighted by Gasteiger charge is -2.09. The van der Waals surface area contributed by atoms with Crippen LogP contribution in [0.2, 0.25) is 0 Å². The van der Waals surface area contributed by atoms with Crippen LogP contribution in [0.25, 0.3) is 11.7 Å². The zero-order valence-electron chi connectivity index (χ0n) is 14.9. The number of ether oxygens (including phenoxy) is 1. The van der Waals surface area contributed by atoms with Crippen LogP contribution >= 0.6 is 11.8 Å². The van der Waals surface area contributed by atoms with Crippen LogP contribution in [-0.4, -0.2) is 16.2 Å². The van der Waals surface area contributed by atoms with E-state index in [2.05, 4.69) is 16.3 Å². The fraction of sp³-hybridized carbons (Fsp3) is 0.0476. The van der Waals surface area contributed by atoms with Gasteiger partial charge in [-0.15, -0.1) is 10.2 Å². The maximum absolute atomic E-state index is 12.6. The molecule has 0 radical (unpaired) electrons. The second-order valence-electron chi connectivity index (χ2n) is 5.76. The molecule has 0 aliphatic carbocycles. The first kappa shape index (κ1) is 18.5. The van der Waals surface area contributed by atoms with Crippen molar-refractivity contribution in [3.8, 4) is 17.7 Å². The van der Waals surface area contributed by atoms with E-state index in [4.69, 9.17) is 13.6 Å². The molecular formula is C21H13N3O4S. The van der Waals surface area contributed by atoms with Gasteiger partial charge in [-0.3, -0.25) is 0 Å². The van der Waals surface area contributed by atoms with Gasteiger partial charge in [0.15, 0.2) is 12.4 Å². The third-order valence-corrected chi connectivity index (χ3v) is 5.01. The Balaban J connectivity index is 1.48. The van der Waals surface area contributed by atoms with Gasteiger partial charge < -0.3 is 13.6 Å². The molecule has 4 aromatic rings. The zero-order valence-corrected chi connectivity index (χ0v) is 15.8. The predicted molar refractivity (Wildman–Crippen MR) is 103 cm³/mol. The normalized spacial score (nSPS) is 10.4. The Labute approximate surface area is 169 Å². The van der Waals surface area contributed by atoms with E-state index in [1.54, 1.807) is 42.5 Å². The van der Waals surface area contributed by atoms with Crippen LogP contribution in [0.1, 0.15) is 21.8 Å². The molecule has 29 heavy (non-hydrogen) atoms. The largest absolute Gasteiger partial charge is 0.459 e. The molecule has 0 spiro atoms. The molecule has 0 amide bonds. The first-order valence-electron chi connectivity index (χ1n) is 8.54. The maximum atomic E-state index is 12.6. The van der Waals surface area contributed by atoms with Crippen molar-refractivity contribution in [3.05, 3.63) is 83.9 Å². The van der Waals surface area contributed by atoms with Gasteiger partial charge in [0, 0.05) is 9.79 Å². The minimum atomic E-state index is -0.528. The molecule has 7 nitrogen and oxygen atoms in total. The maximum Gasteiger partial charge on any atom is 0.339 e. The summed E-state index contributed by atoms with van der Waals surface area (Å²) in [6.07, 6.45) is 1.50. The highest BCUT2D eigenvalue weighted by Gasteiger charge is 2.17. The summed E-state index contributed by atoms with van der Waals surface area (Å²) >= 11 is 1.33. The lowest BCUT2D eigenvalue weighted by Crippen LogP contribution is -2.07. The lowest BCUT2D eigenvalue weighted by molar-refractivity contribution is 0.0434. The summed E-state index contributed by atoms with van der Waals surface area (Å²) in [4.78, 5) is 14.1. The average Bonchev–Trinajstić information content (AvgIpc) is 3.45. The minimum Gasteiger partial charge on any atom is -0.459 e. The summed E-state index contributed by atoms with van der Waals surface area (Å²) in [5, 5.41) is 17.0.